The summed E-state index contributed by atoms with van der Waals surface area (Å²) in [7, 11) is 0. The van der Waals surface area contributed by atoms with E-state index in [0.717, 1.165) is 35.8 Å². The lowest BCUT2D eigenvalue weighted by molar-refractivity contribution is 0.220. The molecule has 2 aliphatic rings. The van der Waals surface area contributed by atoms with Gasteiger partial charge in [0, 0.05) is 12.1 Å². The Morgan fingerprint density at radius 1 is 0.667 bits per heavy atom. The molecule has 0 aromatic heterocycles. The first kappa shape index (κ1) is 17.3. The summed E-state index contributed by atoms with van der Waals surface area (Å²) in [5.74, 6) is 3.60. The van der Waals surface area contributed by atoms with Crippen LogP contribution in [0.25, 0.3) is 0 Å². The van der Waals surface area contributed by atoms with Crippen LogP contribution in [-0.4, -0.2) is 25.2 Å². The van der Waals surface area contributed by atoms with Gasteiger partial charge in [-0.15, -0.1) is 0 Å². The molecule has 0 heterocycles. The van der Waals surface area contributed by atoms with Crippen LogP contribution in [0.5, 0.6) is 0 Å². The van der Waals surface area contributed by atoms with Crippen molar-refractivity contribution in [2.45, 2.75) is 84.7 Å². The highest BCUT2D eigenvalue weighted by atomic mass is 14.9. The molecule has 2 aliphatic carbocycles. The third kappa shape index (κ3) is 5.56. The summed E-state index contributed by atoms with van der Waals surface area (Å²) in [5, 5.41) is 7.62. The summed E-state index contributed by atoms with van der Waals surface area (Å²) >= 11 is 0. The van der Waals surface area contributed by atoms with Crippen molar-refractivity contribution < 1.29 is 0 Å². The van der Waals surface area contributed by atoms with E-state index in [2.05, 4.69) is 38.3 Å². The molecule has 2 rings (SSSR count). The van der Waals surface area contributed by atoms with Gasteiger partial charge in [-0.25, -0.2) is 0 Å². The Balaban J connectivity index is 1.54. The fourth-order valence-corrected chi connectivity index (χ4v) is 4.60. The Bertz CT molecular complexity index is 263. The molecule has 0 radical (unpaired) electrons. The second-order valence-electron chi connectivity index (χ2n) is 8.27. The number of rotatable bonds is 6. The topological polar surface area (TPSA) is 24.1 Å². The van der Waals surface area contributed by atoms with E-state index in [1.165, 1.54) is 58.0 Å². The maximum atomic E-state index is 3.81. The first-order valence-electron chi connectivity index (χ1n) is 9.53. The van der Waals surface area contributed by atoms with Crippen molar-refractivity contribution in [2.24, 2.45) is 23.7 Å². The van der Waals surface area contributed by atoms with Crippen LogP contribution in [0.15, 0.2) is 0 Å². The first-order chi connectivity index (χ1) is 10.1. The Morgan fingerprint density at radius 3 is 1.48 bits per heavy atom. The summed E-state index contributed by atoms with van der Waals surface area (Å²) in [6.45, 7) is 12.0. The predicted octanol–water partition coefficient (Wildman–Crippen LogP) is 4.21. The standard InChI is InChI=1S/C19H38N2/c1-14-6-8-18(16(3)12-14)20-10-5-11-21-19-9-7-15(2)13-17(19)4/h14-21H,5-13H2,1-4H3. The van der Waals surface area contributed by atoms with Gasteiger partial charge < -0.3 is 10.6 Å². The highest BCUT2D eigenvalue weighted by molar-refractivity contribution is 4.82. The van der Waals surface area contributed by atoms with E-state index in [1.807, 2.05) is 0 Å². The highest BCUT2D eigenvalue weighted by Gasteiger charge is 2.25. The molecule has 0 saturated heterocycles. The van der Waals surface area contributed by atoms with Gasteiger partial charge in [-0.3, -0.25) is 0 Å². The van der Waals surface area contributed by atoms with Crippen LogP contribution in [0.1, 0.15) is 72.6 Å². The molecular weight excluding hydrogens is 256 g/mol. The lowest BCUT2D eigenvalue weighted by Crippen LogP contribution is -2.42. The van der Waals surface area contributed by atoms with Crippen LogP contribution < -0.4 is 10.6 Å². The monoisotopic (exact) mass is 294 g/mol. The molecule has 0 aliphatic heterocycles. The van der Waals surface area contributed by atoms with Gasteiger partial charge in [-0.2, -0.15) is 0 Å². The van der Waals surface area contributed by atoms with Crippen molar-refractivity contribution in [3.63, 3.8) is 0 Å². The van der Waals surface area contributed by atoms with Crippen molar-refractivity contribution in [2.75, 3.05) is 13.1 Å². The van der Waals surface area contributed by atoms with Crippen LogP contribution >= 0.6 is 0 Å². The molecular formula is C19H38N2. The Hall–Kier alpha value is -0.0800. The quantitative estimate of drug-likeness (QED) is 0.717. The summed E-state index contributed by atoms with van der Waals surface area (Å²) in [6, 6.07) is 1.55. The van der Waals surface area contributed by atoms with Crippen LogP contribution in [0, 0.1) is 23.7 Å². The normalized spacial score (nSPS) is 41.1. The van der Waals surface area contributed by atoms with Crippen LogP contribution in [-0.2, 0) is 0 Å². The molecule has 0 aromatic rings. The van der Waals surface area contributed by atoms with Crippen molar-refractivity contribution in [3.05, 3.63) is 0 Å². The molecule has 2 nitrogen and oxygen atoms in total. The van der Waals surface area contributed by atoms with E-state index in [9.17, 15) is 0 Å². The molecule has 0 bridgehead atoms. The van der Waals surface area contributed by atoms with E-state index < -0.39 is 0 Å². The van der Waals surface area contributed by atoms with Gasteiger partial charge in [0.15, 0.2) is 0 Å². The molecule has 124 valence electrons. The van der Waals surface area contributed by atoms with Gasteiger partial charge in [0.25, 0.3) is 0 Å². The molecule has 6 unspecified atom stereocenters. The van der Waals surface area contributed by atoms with Gasteiger partial charge in [0.2, 0.25) is 0 Å². The zero-order valence-corrected chi connectivity index (χ0v) is 14.8. The second-order valence-corrected chi connectivity index (χ2v) is 8.27. The van der Waals surface area contributed by atoms with E-state index in [0.29, 0.717) is 0 Å². The van der Waals surface area contributed by atoms with E-state index in [1.54, 1.807) is 0 Å². The number of hydrogen-bond donors (Lipinski definition) is 2. The Kier molecular flexibility index (Phi) is 7.01. The van der Waals surface area contributed by atoms with Gasteiger partial charge in [0.1, 0.15) is 0 Å². The number of hydrogen-bond acceptors (Lipinski definition) is 2. The molecule has 0 amide bonds. The van der Waals surface area contributed by atoms with Gasteiger partial charge in [-0.05, 0) is 81.7 Å². The summed E-state index contributed by atoms with van der Waals surface area (Å²) in [5.41, 5.74) is 0. The molecule has 21 heavy (non-hydrogen) atoms. The molecule has 0 spiro atoms. The van der Waals surface area contributed by atoms with Crippen molar-refractivity contribution >= 4 is 0 Å². The molecule has 2 fully saturated rings. The first-order valence-corrected chi connectivity index (χ1v) is 9.53. The molecule has 6 atom stereocenters. The third-order valence-corrected chi connectivity index (χ3v) is 6.03. The Morgan fingerprint density at radius 2 is 1.10 bits per heavy atom. The predicted molar refractivity (Wildman–Crippen MR) is 92.6 cm³/mol. The lowest BCUT2D eigenvalue weighted by Gasteiger charge is -2.34. The minimum absolute atomic E-state index is 0.774. The largest absolute Gasteiger partial charge is 0.314 e. The fraction of sp³-hybridized carbons (Fsp3) is 1.00. The van der Waals surface area contributed by atoms with E-state index in [-0.39, 0.29) is 0 Å². The zero-order chi connectivity index (χ0) is 15.2. The molecule has 2 saturated carbocycles. The minimum Gasteiger partial charge on any atom is -0.314 e. The Labute approximate surface area is 132 Å². The summed E-state index contributed by atoms with van der Waals surface area (Å²) < 4.78 is 0. The van der Waals surface area contributed by atoms with Crippen LogP contribution in [0.3, 0.4) is 0 Å². The van der Waals surface area contributed by atoms with E-state index >= 15 is 0 Å². The third-order valence-electron chi connectivity index (χ3n) is 6.03. The summed E-state index contributed by atoms with van der Waals surface area (Å²) in [6.07, 6.45) is 9.69. The molecule has 2 N–H and O–H groups in total. The van der Waals surface area contributed by atoms with Crippen molar-refractivity contribution in [1.29, 1.82) is 0 Å². The second kappa shape index (κ2) is 8.53. The van der Waals surface area contributed by atoms with E-state index in [4.69, 9.17) is 0 Å². The fourth-order valence-electron chi connectivity index (χ4n) is 4.60. The maximum absolute atomic E-state index is 3.81. The van der Waals surface area contributed by atoms with Crippen LogP contribution in [0.4, 0.5) is 0 Å². The maximum Gasteiger partial charge on any atom is 0.00928 e. The lowest BCUT2D eigenvalue weighted by atomic mass is 9.79. The average molecular weight is 295 g/mol. The smallest absolute Gasteiger partial charge is 0.00928 e. The molecule has 0 aromatic carbocycles. The van der Waals surface area contributed by atoms with Gasteiger partial charge >= 0.3 is 0 Å². The highest BCUT2D eigenvalue weighted by Crippen LogP contribution is 2.29. The van der Waals surface area contributed by atoms with Crippen LogP contribution in [0.2, 0.25) is 0 Å². The van der Waals surface area contributed by atoms with Gasteiger partial charge in [-0.1, -0.05) is 27.7 Å². The number of nitrogens with one attached hydrogen (secondary N) is 2. The SMILES string of the molecule is CC1CCC(NCCCNC2CCC(C)CC2C)C(C)C1. The average Bonchev–Trinajstić information content (AvgIpc) is 2.42. The minimum atomic E-state index is 0.774. The molecule has 2 heteroatoms. The zero-order valence-electron chi connectivity index (χ0n) is 14.8. The van der Waals surface area contributed by atoms with Gasteiger partial charge in [0.05, 0.1) is 0 Å². The van der Waals surface area contributed by atoms with Crippen molar-refractivity contribution in [1.82, 2.24) is 10.6 Å². The van der Waals surface area contributed by atoms with Crippen molar-refractivity contribution in [3.8, 4) is 0 Å². The summed E-state index contributed by atoms with van der Waals surface area (Å²) in [4.78, 5) is 0.